The number of hydrogen-bond acceptors (Lipinski definition) is 8. The molecule has 0 radical (unpaired) electrons. The molecule has 4 N–H and O–H groups in total. The third-order valence-electron chi connectivity index (χ3n) is 11.4. The van der Waals surface area contributed by atoms with E-state index in [1.165, 1.54) is 32.4 Å². The topological polar surface area (TPSA) is 167 Å². The summed E-state index contributed by atoms with van der Waals surface area (Å²) in [5.41, 5.74) is 0.165. The normalized spacial score (nSPS) is 20.5. The van der Waals surface area contributed by atoms with Crippen molar-refractivity contribution in [3.8, 4) is 0 Å². The maximum atomic E-state index is 14.5. The van der Waals surface area contributed by atoms with Crippen LogP contribution in [0.5, 0.6) is 0 Å². The molecule has 0 saturated carbocycles. The predicted molar refractivity (Wildman–Crippen MR) is 209 cm³/mol. The lowest BCUT2D eigenvalue weighted by Gasteiger charge is -2.46. The van der Waals surface area contributed by atoms with Gasteiger partial charge in [0, 0.05) is 33.7 Å². The maximum absolute atomic E-state index is 14.5. The lowest BCUT2D eigenvalue weighted by Crippen LogP contribution is -2.60. The molecule has 1 saturated heterocycles. The fourth-order valence-electron chi connectivity index (χ4n) is 7.96. The minimum Gasteiger partial charge on any atom is -0.480 e. The number of methoxy groups -OCH3 is 2. The van der Waals surface area contributed by atoms with Crippen LogP contribution in [0.15, 0.2) is 24.3 Å². The third kappa shape index (κ3) is 12.4. The van der Waals surface area contributed by atoms with E-state index in [4.69, 9.17) is 9.47 Å². The fourth-order valence-corrected chi connectivity index (χ4v) is 7.96. The SMILES string of the molecule is CC[C@H](C)C([C@@H](CC(=O)N1[C@H](C)CCC[C@H]1[C@H](OC)[C@@H](C)C(=O)N[C@@H](Cc1ccccc1F)C(=O)O)OC)N(C)C(=O)[C@@H](NC(=O)[C@@H](NC)C(C)C)C(C)C. The molecule has 1 aromatic rings. The zero-order valence-corrected chi connectivity index (χ0v) is 35.1. The fraction of sp³-hybridized carbons (Fsp3) is 0.732. The zero-order valence-electron chi connectivity index (χ0n) is 35.1. The zero-order chi connectivity index (χ0) is 41.7. The van der Waals surface area contributed by atoms with Gasteiger partial charge < -0.3 is 40.3 Å². The van der Waals surface area contributed by atoms with E-state index in [1.807, 2.05) is 48.5 Å². The minimum atomic E-state index is -1.38. The molecule has 2 rings (SSSR count). The Morgan fingerprint density at radius 3 is 2.07 bits per heavy atom. The Morgan fingerprint density at radius 2 is 1.56 bits per heavy atom. The number of aliphatic carboxylic acids is 1. The van der Waals surface area contributed by atoms with Crippen LogP contribution in [0.2, 0.25) is 0 Å². The average molecular weight is 778 g/mol. The van der Waals surface area contributed by atoms with E-state index in [9.17, 15) is 33.5 Å². The first kappa shape index (κ1) is 47.5. The number of nitrogens with zero attached hydrogens (tertiary/aromatic N) is 2. The van der Waals surface area contributed by atoms with Gasteiger partial charge in [-0.15, -0.1) is 0 Å². The number of carboxylic acid groups (broad SMARTS) is 1. The first-order valence-corrected chi connectivity index (χ1v) is 19.7. The lowest BCUT2D eigenvalue weighted by molar-refractivity contribution is -0.154. The molecule has 0 bridgehead atoms. The van der Waals surface area contributed by atoms with Crippen molar-refractivity contribution in [1.29, 1.82) is 0 Å². The standard InChI is InChI=1S/C41H68FN5O8/c1-13-25(6)36(46(10)40(51)35(24(4)5)45-39(50)34(43-9)23(2)3)32(54-11)22-33(48)47-26(7)17-16-20-31(47)37(55-12)27(8)38(49)44-30(41(52)53)21-28-18-14-15-19-29(28)42/h14-15,18-19,23-27,30-32,34-37,43H,13,16-17,20-22H2,1-12H3,(H,44,49)(H,45,50)(H,52,53)/t25-,26+,27+,30-,31-,32+,34-,35-,36?,37+/m0/s1. The monoisotopic (exact) mass is 778 g/mol. The molecule has 1 unspecified atom stereocenters. The molecule has 55 heavy (non-hydrogen) atoms. The van der Waals surface area contributed by atoms with E-state index >= 15 is 0 Å². The van der Waals surface area contributed by atoms with Gasteiger partial charge in [-0.1, -0.05) is 73.1 Å². The Morgan fingerprint density at radius 1 is 0.945 bits per heavy atom. The minimum absolute atomic E-state index is 0.00529. The number of rotatable bonds is 21. The summed E-state index contributed by atoms with van der Waals surface area (Å²) in [6, 6.07) is 1.93. The molecule has 14 heteroatoms. The van der Waals surface area contributed by atoms with Crippen LogP contribution in [0.1, 0.15) is 93.1 Å². The molecular weight excluding hydrogens is 709 g/mol. The van der Waals surface area contributed by atoms with E-state index < -0.39 is 66.0 Å². The molecule has 0 spiro atoms. The molecule has 10 atom stereocenters. The number of carboxylic acids is 1. The third-order valence-corrected chi connectivity index (χ3v) is 11.4. The number of carbonyl (C=O) groups is 5. The Kier molecular flexibility index (Phi) is 19.2. The highest BCUT2D eigenvalue weighted by Crippen LogP contribution is 2.32. The van der Waals surface area contributed by atoms with Crippen LogP contribution in [-0.4, -0.2) is 121 Å². The summed E-state index contributed by atoms with van der Waals surface area (Å²) in [4.78, 5) is 71.1. The summed E-state index contributed by atoms with van der Waals surface area (Å²) in [6.07, 6.45) is 0.970. The van der Waals surface area contributed by atoms with E-state index in [-0.39, 0.29) is 59.9 Å². The van der Waals surface area contributed by atoms with Gasteiger partial charge >= 0.3 is 5.97 Å². The Bertz CT molecular complexity index is 1430. The number of likely N-dealkylation sites (N-methyl/N-ethyl adjacent to an activating group) is 2. The highest BCUT2D eigenvalue weighted by Gasteiger charge is 2.44. The Hall–Kier alpha value is -3.62. The number of amides is 4. The van der Waals surface area contributed by atoms with E-state index in [2.05, 4.69) is 16.0 Å². The number of likely N-dealkylation sites (tertiary alicyclic amines) is 1. The van der Waals surface area contributed by atoms with Crippen LogP contribution in [0.4, 0.5) is 4.39 Å². The van der Waals surface area contributed by atoms with Crippen molar-refractivity contribution >= 4 is 29.6 Å². The van der Waals surface area contributed by atoms with Crippen molar-refractivity contribution in [1.82, 2.24) is 25.8 Å². The summed E-state index contributed by atoms with van der Waals surface area (Å²) in [5.74, 6) is -4.37. The van der Waals surface area contributed by atoms with Crippen LogP contribution in [0.25, 0.3) is 0 Å². The molecular formula is C41H68FN5O8. The number of benzene rings is 1. The van der Waals surface area contributed by atoms with Gasteiger partial charge in [0.25, 0.3) is 0 Å². The van der Waals surface area contributed by atoms with Gasteiger partial charge in [0.15, 0.2) is 0 Å². The summed E-state index contributed by atoms with van der Waals surface area (Å²) < 4.78 is 26.3. The van der Waals surface area contributed by atoms with Crippen LogP contribution in [-0.2, 0) is 39.9 Å². The summed E-state index contributed by atoms with van der Waals surface area (Å²) in [5, 5.41) is 18.5. The highest BCUT2D eigenvalue weighted by atomic mass is 19.1. The molecule has 4 amide bonds. The second-order valence-corrected chi connectivity index (χ2v) is 15.9. The van der Waals surface area contributed by atoms with Crippen molar-refractivity contribution in [2.24, 2.45) is 23.7 Å². The smallest absolute Gasteiger partial charge is 0.326 e. The number of piperidine rings is 1. The average Bonchev–Trinajstić information content (AvgIpc) is 3.13. The van der Waals surface area contributed by atoms with Crippen LogP contribution in [0, 0.1) is 29.5 Å². The van der Waals surface area contributed by atoms with Crippen molar-refractivity contribution in [2.45, 2.75) is 142 Å². The number of nitrogens with one attached hydrogen (secondary N) is 3. The van der Waals surface area contributed by atoms with Crippen LogP contribution >= 0.6 is 0 Å². The van der Waals surface area contributed by atoms with Crippen LogP contribution in [0.3, 0.4) is 0 Å². The molecule has 1 aliphatic heterocycles. The van der Waals surface area contributed by atoms with Crippen molar-refractivity contribution in [2.75, 3.05) is 28.3 Å². The molecule has 1 heterocycles. The lowest BCUT2D eigenvalue weighted by atomic mass is 9.85. The molecule has 0 aliphatic carbocycles. The molecule has 1 aromatic carbocycles. The molecule has 1 fully saturated rings. The predicted octanol–water partition coefficient (Wildman–Crippen LogP) is 4.02. The first-order valence-electron chi connectivity index (χ1n) is 19.7. The van der Waals surface area contributed by atoms with Crippen molar-refractivity contribution in [3.63, 3.8) is 0 Å². The van der Waals surface area contributed by atoms with Gasteiger partial charge in [0.1, 0.15) is 17.9 Å². The van der Waals surface area contributed by atoms with Gasteiger partial charge in [-0.05, 0) is 62.6 Å². The number of ether oxygens (including phenoxy) is 2. The number of carbonyl (C=O) groups excluding carboxylic acids is 4. The molecule has 0 aromatic heterocycles. The summed E-state index contributed by atoms with van der Waals surface area (Å²) >= 11 is 0. The largest absolute Gasteiger partial charge is 0.480 e. The molecule has 312 valence electrons. The molecule has 13 nitrogen and oxygen atoms in total. The van der Waals surface area contributed by atoms with Crippen molar-refractivity contribution < 1.29 is 42.9 Å². The quantitative estimate of drug-likeness (QED) is 0.144. The van der Waals surface area contributed by atoms with Gasteiger partial charge in [-0.2, -0.15) is 0 Å². The van der Waals surface area contributed by atoms with Gasteiger partial charge in [-0.3, -0.25) is 19.2 Å². The second-order valence-electron chi connectivity index (χ2n) is 15.9. The van der Waals surface area contributed by atoms with E-state index in [1.54, 1.807) is 36.9 Å². The van der Waals surface area contributed by atoms with Gasteiger partial charge in [0.2, 0.25) is 23.6 Å². The van der Waals surface area contributed by atoms with Gasteiger partial charge in [0.05, 0.1) is 42.7 Å². The maximum Gasteiger partial charge on any atom is 0.326 e. The van der Waals surface area contributed by atoms with E-state index in [0.717, 1.165) is 12.8 Å². The molecule has 1 aliphatic rings. The number of halogens is 1. The van der Waals surface area contributed by atoms with Gasteiger partial charge in [-0.25, -0.2) is 9.18 Å². The first-order chi connectivity index (χ1) is 25.9. The summed E-state index contributed by atoms with van der Waals surface area (Å²) in [7, 11) is 6.39. The highest BCUT2D eigenvalue weighted by molar-refractivity contribution is 5.90. The summed E-state index contributed by atoms with van der Waals surface area (Å²) in [6.45, 7) is 15.2. The van der Waals surface area contributed by atoms with Crippen molar-refractivity contribution in [3.05, 3.63) is 35.6 Å². The number of hydrogen-bond donors (Lipinski definition) is 4. The Balaban J connectivity index is 2.36. The second kappa shape index (κ2) is 22.2. The van der Waals surface area contributed by atoms with Crippen LogP contribution < -0.4 is 16.0 Å². The Labute approximate surface area is 327 Å². The van der Waals surface area contributed by atoms with E-state index in [0.29, 0.717) is 12.8 Å².